The lowest BCUT2D eigenvalue weighted by Crippen LogP contribution is -2.05. The molecule has 0 atom stereocenters. The molecule has 0 fully saturated rings. The zero-order chi connectivity index (χ0) is 14.7. The van der Waals surface area contributed by atoms with Gasteiger partial charge in [0.05, 0.1) is 12.9 Å². The van der Waals surface area contributed by atoms with Crippen LogP contribution in [-0.2, 0) is 4.79 Å². The van der Waals surface area contributed by atoms with Gasteiger partial charge in [0, 0.05) is 11.1 Å². The Hall–Kier alpha value is -1.80. The predicted octanol–water partition coefficient (Wildman–Crippen LogP) is 1.81. The monoisotopic (exact) mass is 314 g/mol. The van der Waals surface area contributed by atoms with E-state index in [9.17, 15) is 4.79 Å². The molecule has 20 heavy (non-hydrogen) atoms. The lowest BCUT2D eigenvalue weighted by Gasteiger charge is -2.11. The molecule has 1 N–H and O–H groups in total. The molecule has 1 aromatic heterocycles. The Labute approximate surface area is 123 Å². The van der Waals surface area contributed by atoms with E-state index in [4.69, 9.17) is 21.4 Å². The summed E-state index contributed by atoms with van der Waals surface area (Å²) in [5.74, 6) is -0.566. The maximum absolute atomic E-state index is 10.6. The number of aromatic nitrogens is 4. The standard InChI is InChI=1S/C11H11ClN4O3S/c1-6-3-8(9(19-2)4-7(6)12)16-11(13-14-15-16)20-5-10(17)18/h3-4H,5H2,1-2H3,(H,17,18). The highest BCUT2D eigenvalue weighted by molar-refractivity contribution is 7.99. The Morgan fingerprint density at radius 1 is 1.55 bits per heavy atom. The molecule has 0 unspecified atom stereocenters. The maximum atomic E-state index is 10.6. The van der Waals surface area contributed by atoms with Gasteiger partial charge in [-0.1, -0.05) is 23.4 Å². The molecule has 0 saturated carbocycles. The van der Waals surface area contributed by atoms with Crippen LogP contribution in [-0.4, -0.2) is 44.1 Å². The molecule has 7 nitrogen and oxygen atoms in total. The van der Waals surface area contributed by atoms with Gasteiger partial charge in [-0.15, -0.1) is 5.10 Å². The summed E-state index contributed by atoms with van der Waals surface area (Å²) in [5, 5.41) is 20.9. The SMILES string of the molecule is COc1cc(Cl)c(C)cc1-n1nnnc1SCC(=O)O. The first kappa shape index (κ1) is 14.6. The van der Waals surface area contributed by atoms with Crippen molar-refractivity contribution in [3.8, 4) is 11.4 Å². The highest BCUT2D eigenvalue weighted by atomic mass is 35.5. The lowest BCUT2D eigenvalue weighted by molar-refractivity contribution is -0.133. The maximum Gasteiger partial charge on any atom is 0.313 e. The molecule has 0 spiro atoms. The second kappa shape index (κ2) is 6.10. The number of hydrogen-bond donors (Lipinski definition) is 1. The van der Waals surface area contributed by atoms with Crippen LogP contribution in [0.25, 0.3) is 5.69 Å². The number of aryl methyl sites for hydroxylation is 1. The van der Waals surface area contributed by atoms with Gasteiger partial charge in [0.25, 0.3) is 0 Å². The zero-order valence-corrected chi connectivity index (χ0v) is 12.3. The summed E-state index contributed by atoms with van der Waals surface area (Å²) in [5.41, 5.74) is 1.44. The molecule has 0 aliphatic carbocycles. The van der Waals surface area contributed by atoms with Crippen LogP contribution >= 0.6 is 23.4 Å². The number of nitrogens with zero attached hydrogens (tertiary/aromatic N) is 4. The van der Waals surface area contributed by atoms with Crippen LogP contribution < -0.4 is 4.74 Å². The van der Waals surface area contributed by atoms with Gasteiger partial charge in [-0.25, -0.2) is 0 Å². The smallest absolute Gasteiger partial charge is 0.313 e. The molecular formula is C11H11ClN4O3S. The fraction of sp³-hybridized carbons (Fsp3) is 0.273. The van der Waals surface area contributed by atoms with Gasteiger partial charge in [0.15, 0.2) is 0 Å². The summed E-state index contributed by atoms with van der Waals surface area (Å²) in [4.78, 5) is 10.6. The zero-order valence-electron chi connectivity index (χ0n) is 10.7. The van der Waals surface area contributed by atoms with E-state index in [1.165, 1.54) is 11.8 Å². The van der Waals surface area contributed by atoms with Gasteiger partial charge in [0.1, 0.15) is 11.4 Å². The Balaban J connectivity index is 2.44. The molecule has 1 aromatic carbocycles. The van der Waals surface area contributed by atoms with E-state index in [0.29, 0.717) is 21.6 Å². The largest absolute Gasteiger partial charge is 0.494 e. The van der Waals surface area contributed by atoms with Crippen molar-refractivity contribution in [2.75, 3.05) is 12.9 Å². The number of rotatable bonds is 5. The number of ether oxygens (including phenoxy) is 1. The number of halogens is 1. The van der Waals surface area contributed by atoms with Gasteiger partial charge in [-0.05, 0) is 29.0 Å². The summed E-state index contributed by atoms with van der Waals surface area (Å²) < 4.78 is 6.69. The number of tetrazole rings is 1. The minimum absolute atomic E-state index is 0.130. The van der Waals surface area contributed by atoms with E-state index in [0.717, 1.165) is 17.3 Å². The minimum atomic E-state index is -0.941. The Kier molecular flexibility index (Phi) is 4.46. The lowest BCUT2D eigenvalue weighted by atomic mass is 10.2. The van der Waals surface area contributed by atoms with Crippen LogP contribution in [0.3, 0.4) is 0 Å². The van der Waals surface area contributed by atoms with Gasteiger partial charge in [-0.3, -0.25) is 4.79 Å². The molecule has 1 heterocycles. The van der Waals surface area contributed by atoms with Gasteiger partial charge < -0.3 is 9.84 Å². The third-order valence-electron chi connectivity index (χ3n) is 2.45. The molecule has 0 aliphatic heterocycles. The fourth-order valence-electron chi connectivity index (χ4n) is 1.52. The molecule has 9 heteroatoms. The number of hydrogen-bond acceptors (Lipinski definition) is 6. The van der Waals surface area contributed by atoms with Crippen molar-refractivity contribution in [1.29, 1.82) is 0 Å². The van der Waals surface area contributed by atoms with Crippen LogP contribution in [0.2, 0.25) is 5.02 Å². The van der Waals surface area contributed by atoms with Gasteiger partial charge >= 0.3 is 5.97 Å². The van der Waals surface area contributed by atoms with E-state index in [-0.39, 0.29) is 5.75 Å². The second-order valence-corrected chi connectivity index (χ2v) is 5.18. The van der Waals surface area contributed by atoms with Gasteiger partial charge in [-0.2, -0.15) is 4.68 Å². The van der Waals surface area contributed by atoms with Crippen molar-refractivity contribution >= 4 is 29.3 Å². The molecule has 0 radical (unpaired) electrons. The van der Waals surface area contributed by atoms with Crippen molar-refractivity contribution in [1.82, 2.24) is 20.2 Å². The minimum Gasteiger partial charge on any atom is -0.494 e. The number of aliphatic carboxylic acids is 1. The summed E-state index contributed by atoms with van der Waals surface area (Å²) in [7, 11) is 1.51. The average Bonchev–Trinajstić information content (AvgIpc) is 2.87. The molecule has 2 aromatic rings. The number of thioether (sulfide) groups is 1. The van der Waals surface area contributed by atoms with Gasteiger partial charge in [0.2, 0.25) is 5.16 Å². The highest BCUT2D eigenvalue weighted by Gasteiger charge is 2.16. The predicted molar refractivity (Wildman–Crippen MR) is 73.8 cm³/mol. The number of methoxy groups -OCH3 is 1. The molecule has 0 amide bonds. The molecule has 0 saturated heterocycles. The van der Waals surface area contributed by atoms with Crippen molar-refractivity contribution in [3.05, 3.63) is 22.7 Å². The van der Waals surface area contributed by atoms with Crippen LogP contribution in [0.15, 0.2) is 17.3 Å². The Morgan fingerprint density at radius 2 is 2.30 bits per heavy atom. The van der Waals surface area contributed by atoms with E-state index < -0.39 is 5.97 Å². The number of carbonyl (C=O) groups is 1. The number of carboxylic acid groups (broad SMARTS) is 1. The van der Waals surface area contributed by atoms with E-state index >= 15 is 0 Å². The fourth-order valence-corrected chi connectivity index (χ4v) is 2.28. The third-order valence-corrected chi connectivity index (χ3v) is 3.77. The molecule has 106 valence electrons. The Morgan fingerprint density at radius 3 is 2.95 bits per heavy atom. The number of benzene rings is 1. The average molecular weight is 315 g/mol. The van der Waals surface area contributed by atoms with Crippen LogP contribution in [0.5, 0.6) is 5.75 Å². The summed E-state index contributed by atoms with van der Waals surface area (Å²) in [6.07, 6.45) is 0. The quantitative estimate of drug-likeness (QED) is 0.842. The molecular weight excluding hydrogens is 304 g/mol. The summed E-state index contributed by atoms with van der Waals surface area (Å²) >= 11 is 7.07. The van der Waals surface area contributed by atoms with Crippen molar-refractivity contribution in [3.63, 3.8) is 0 Å². The highest BCUT2D eigenvalue weighted by Crippen LogP contribution is 2.31. The second-order valence-electron chi connectivity index (χ2n) is 3.83. The van der Waals surface area contributed by atoms with Crippen molar-refractivity contribution in [2.45, 2.75) is 12.1 Å². The Bertz CT molecular complexity index is 647. The van der Waals surface area contributed by atoms with E-state index in [2.05, 4.69) is 15.5 Å². The summed E-state index contributed by atoms with van der Waals surface area (Å²) in [6, 6.07) is 3.45. The van der Waals surface area contributed by atoms with Crippen LogP contribution in [0, 0.1) is 6.92 Å². The van der Waals surface area contributed by atoms with Crippen LogP contribution in [0.4, 0.5) is 0 Å². The van der Waals surface area contributed by atoms with Crippen LogP contribution in [0.1, 0.15) is 5.56 Å². The van der Waals surface area contributed by atoms with E-state index in [1.807, 2.05) is 6.92 Å². The molecule has 2 rings (SSSR count). The summed E-state index contributed by atoms with van der Waals surface area (Å²) in [6.45, 7) is 1.85. The van der Waals surface area contributed by atoms with Crippen molar-refractivity contribution in [2.24, 2.45) is 0 Å². The normalized spacial score (nSPS) is 10.6. The van der Waals surface area contributed by atoms with Crippen molar-refractivity contribution < 1.29 is 14.6 Å². The molecule has 0 aliphatic rings. The first-order valence-electron chi connectivity index (χ1n) is 5.50. The van der Waals surface area contributed by atoms with E-state index in [1.54, 1.807) is 12.1 Å². The topological polar surface area (TPSA) is 90.1 Å². The first-order valence-corrected chi connectivity index (χ1v) is 6.86. The third kappa shape index (κ3) is 3.02. The number of carboxylic acids is 1. The molecule has 0 bridgehead atoms. The first-order chi connectivity index (χ1) is 9.52.